The van der Waals surface area contributed by atoms with Crippen molar-refractivity contribution in [2.75, 3.05) is 32.4 Å². The minimum absolute atomic E-state index is 0.0350. The van der Waals surface area contributed by atoms with E-state index in [0.717, 1.165) is 30.5 Å². The van der Waals surface area contributed by atoms with Gasteiger partial charge in [0.2, 0.25) is 0 Å². The molecule has 1 aromatic carbocycles. The number of nitrogens with two attached hydrogens (primary N) is 1. The molecule has 104 valence electrons. The van der Waals surface area contributed by atoms with Crippen molar-refractivity contribution < 1.29 is 4.79 Å². The minimum atomic E-state index is 0.0350. The van der Waals surface area contributed by atoms with Crippen LogP contribution in [0.15, 0.2) is 22.7 Å². The topological polar surface area (TPSA) is 49.6 Å². The molecule has 1 aromatic rings. The number of hydrogen-bond acceptors (Lipinski definition) is 3. The molecule has 1 atom stereocenters. The first kappa shape index (κ1) is 14.3. The summed E-state index contributed by atoms with van der Waals surface area (Å²) in [5.74, 6) is 0.0350. The van der Waals surface area contributed by atoms with Crippen LogP contribution < -0.4 is 5.73 Å². The van der Waals surface area contributed by atoms with E-state index in [1.807, 2.05) is 11.0 Å². The van der Waals surface area contributed by atoms with E-state index in [9.17, 15) is 4.79 Å². The number of amides is 1. The highest BCUT2D eigenvalue weighted by Crippen LogP contribution is 2.22. The second-order valence-electron chi connectivity index (χ2n) is 5.19. The molecule has 1 amide bonds. The number of halogens is 1. The highest BCUT2D eigenvalue weighted by molar-refractivity contribution is 9.10. The summed E-state index contributed by atoms with van der Waals surface area (Å²) in [6.45, 7) is 4.82. The fourth-order valence-corrected chi connectivity index (χ4v) is 2.94. The van der Waals surface area contributed by atoms with Crippen molar-refractivity contribution in [3.8, 4) is 0 Å². The Labute approximate surface area is 122 Å². The Morgan fingerprint density at radius 1 is 1.42 bits per heavy atom. The molecule has 5 heteroatoms. The van der Waals surface area contributed by atoms with Gasteiger partial charge in [-0.25, -0.2) is 0 Å². The summed E-state index contributed by atoms with van der Waals surface area (Å²) in [4.78, 5) is 16.8. The standard InChI is InChI=1S/C14H20BrN3O/c1-10-9-17(2)6-3-7-18(10)14(19)12-5-4-11(15)8-13(12)16/h4-5,8,10H,3,6-7,9,16H2,1-2H3. The second-order valence-corrected chi connectivity index (χ2v) is 6.11. The van der Waals surface area contributed by atoms with Crippen molar-refractivity contribution in [3.05, 3.63) is 28.2 Å². The predicted octanol–water partition coefficient (Wildman–Crippen LogP) is 2.20. The van der Waals surface area contributed by atoms with Crippen LogP contribution in [0, 0.1) is 0 Å². The quantitative estimate of drug-likeness (QED) is 0.805. The Morgan fingerprint density at radius 3 is 2.84 bits per heavy atom. The average molecular weight is 326 g/mol. The molecule has 0 spiro atoms. The maximum absolute atomic E-state index is 12.6. The summed E-state index contributed by atoms with van der Waals surface area (Å²) in [6, 6.07) is 5.64. The Bertz CT molecular complexity index is 478. The molecule has 2 N–H and O–H groups in total. The predicted molar refractivity (Wildman–Crippen MR) is 81.2 cm³/mol. The van der Waals surface area contributed by atoms with Crippen LogP contribution in [-0.4, -0.2) is 48.4 Å². The van der Waals surface area contributed by atoms with Crippen LogP contribution in [0.5, 0.6) is 0 Å². The van der Waals surface area contributed by atoms with Gasteiger partial charge in [0.1, 0.15) is 0 Å². The third-order valence-electron chi connectivity index (χ3n) is 3.55. The van der Waals surface area contributed by atoms with E-state index >= 15 is 0 Å². The van der Waals surface area contributed by atoms with E-state index in [1.165, 1.54) is 0 Å². The monoisotopic (exact) mass is 325 g/mol. The van der Waals surface area contributed by atoms with Crippen molar-refractivity contribution in [2.24, 2.45) is 0 Å². The maximum atomic E-state index is 12.6. The molecule has 1 unspecified atom stereocenters. The molecule has 1 heterocycles. The number of nitrogen functional groups attached to an aromatic ring is 1. The van der Waals surface area contributed by atoms with Crippen molar-refractivity contribution in [1.29, 1.82) is 0 Å². The molecule has 4 nitrogen and oxygen atoms in total. The lowest BCUT2D eigenvalue weighted by atomic mass is 10.1. The van der Waals surface area contributed by atoms with Crippen LogP contribution in [0.2, 0.25) is 0 Å². The maximum Gasteiger partial charge on any atom is 0.256 e. The highest BCUT2D eigenvalue weighted by Gasteiger charge is 2.25. The van der Waals surface area contributed by atoms with Crippen molar-refractivity contribution in [3.63, 3.8) is 0 Å². The van der Waals surface area contributed by atoms with E-state index in [2.05, 4.69) is 34.8 Å². The third-order valence-corrected chi connectivity index (χ3v) is 4.04. The fraction of sp³-hybridized carbons (Fsp3) is 0.500. The number of likely N-dealkylation sites (N-methyl/N-ethyl adjacent to an activating group) is 1. The molecule has 1 fully saturated rings. The number of carbonyl (C=O) groups excluding carboxylic acids is 1. The largest absolute Gasteiger partial charge is 0.398 e. The highest BCUT2D eigenvalue weighted by atomic mass is 79.9. The lowest BCUT2D eigenvalue weighted by Gasteiger charge is -2.28. The van der Waals surface area contributed by atoms with Gasteiger partial charge in [0.05, 0.1) is 5.56 Å². The SMILES string of the molecule is CC1CN(C)CCCN1C(=O)c1ccc(Br)cc1N. The van der Waals surface area contributed by atoms with Gasteiger partial charge >= 0.3 is 0 Å². The lowest BCUT2D eigenvalue weighted by molar-refractivity contribution is 0.0697. The van der Waals surface area contributed by atoms with Crippen molar-refractivity contribution in [2.45, 2.75) is 19.4 Å². The van der Waals surface area contributed by atoms with Crippen molar-refractivity contribution >= 4 is 27.5 Å². The van der Waals surface area contributed by atoms with Gasteiger partial charge in [0.15, 0.2) is 0 Å². The van der Waals surface area contributed by atoms with Gasteiger partial charge in [-0.1, -0.05) is 15.9 Å². The molecule has 0 aliphatic carbocycles. The first-order chi connectivity index (χ1) is 8.99. The molecule has 0 saturated carbocycles. The van der Waals surface area contributed by atoms with Gasteiger partial charge in [-0.05, 0) is 45.1 Å². The summed E-state index contributed by atoms with van der Waals surface area (Å²) in [5, 5.41) is 0. The van der Waals surface area contributed by atoms with Gasteiger partial charge in [0.25, 0.3) is 5.91 Å². The van der Waals surface area contributed by atoms with Crippen LogP contribution >= 0.6 is 15.9 Å². The van der Waals surface area contributed by atoms with Crippen LogP contribution in [0.3, 0.4) is 0 Å². The number of carbonyl (C=O) groups is 1. The molecule has 0 aromatic heterocycles. The van der Waals surface area contributed by atoms with Crippen LogP contribution in [0.1, 0.15) is 23.7 Å². The van der Waals surface area contributed by atoms with Crippen LogP contribution in [-0.2, 0) is 0 Å². The molecular formula is C14H20BrN3O. The van der Waals surface area contributed by atoms with Crippen LogP contribution in [0.25, 0.3) is 0 Å². The second kappa shape index (κ2) is 5.92. The Morgan fingerprint density at radius 2 is 2.16 bits per heavy atom. The fourth-order valence-electron chi connectivity index (χ4n) is 2.56. The zero-order chi connectivity index (χ0) is 14.0. The Kier molecular flexibility index (Phi) is 4.47. The van der Waals surface area contributed by atoms with Gasteiger partial charge < -0.3 is 15.5 Å². The Hall–Kier alpha value is -1.07. The smallest absolute Gasteiger partial charge is 0.256 e. The average Bonchev–Trinajstić information content (AvgIpc) is 2.49. The lowest BCUT2D eigenvalue weighted by Crippen LogP contribution is -2.42. The first-order valence-corrected chi connectivity index (χ1v) is 7.33. The summed E-state index contributed by atoms with van der Waals surface area (Å²) < 4.78 is 0.894. The molecule has 1 aliphatic heterocycles. The third kappa shape index (κ3) is 3.28. The van der Waals surface area contributed by atoms with E-state index in [-0.39, 0.29) is 11.9 Å². The zero-order valence-corrected chi connectivity index (χ0v) is 13.0. The number of nitrogens with zero attached hydrogens (tertiary/aromatic N) is 2. The van der Waals surface area contributed by atoms with E-state index in [1.54, 1.807) is 12.1 Å². The van der Waals surface area contributed by atoms with E-state index in [4.69, 9.17) is 5.73 Å². The summed E-state index contributed by atoms with van der Waals surface area (Å²) >= 11 is 3.36. The van der Waals surface area contributed by atoms with E-state index in [0.29, 0.717) is 11.3 Å². The van der Waals surface area contributed by atoms with Crippen molar-refractivity contribution in [1.82, 2.24) is 9.80 Å². The normalized spacial score (nSPS) is 21.2. The van der Waals surface area contributed by atoms with Gasteiger partial charge in [-0.3, -0.25) is 4.79 Å². The molecular weight excluding hydrogens is 306 g/mol. The first-order valence-electron chi connectivity index (χ1n) is 6.53. The molecule has 1 aliphatic rings. The molecule has 19 heavy (non-hydrogen) atoms. The van der Waals surface area contributed by atoms with Gasteiger partial charge in [-0.2, -0.15) is 0 Å². The molecule has 2 rings (SSSR count). The summed E-state index contributed by atoms with van der Waals surface area (Å²) in [5.41, 5.74) is 7.08. The number of anilines is 1. The Balaban J connectivity index is 2.22. The van der Waals surface area contributed by atoms with Gasteiger partial charge in [0, 0.05) is 29.3 Å². The van der Waals surface area contributed by atoms with Crippen LogP contribution in [0.4, 0.5) is 5.69 Å². The van der Waals surface area contributed by atoms with Gasteiger partial charge in [-0.15, -0.1) is 0 Å². The number of hydrogen-bond donors (Lipinski definition) is 1. The van der Waals surface area contributed by atoms with E-state index < -0.39 is 0 Å². The minimum Gasteiger partial charge on any atom is -0.398 e. The zero-order valence-electron chi connectivity index (χ0n) is 11.4. The summed E-state index contributed by atoms with van der Waals surface area (Å²) in [6.07, 6.45) is 1.00. The number of benzene rings is 1. The summed E-state index contributed by atoms with van der Waals surface area (Å²) in [7, 11) is 2.10. The molecule has 0 bridgehead atoms. The number of rotatable bonds is 1. The molecule has 0 radical (unpaired) electrons. The molecule has 1 saturated heterocycles.